The molecule has 2 aliphatic rings. The van der Waals surface area contributed by atoms with Crippen LogP contribution in [-0.2, 0) is 14.3 Å². The molecule has 0 spiro atoms. The number of amides is 2. The number of methoxy groups -OCH3 is 1. The highest BCUT2D eigenvalue weighted by Gasteiger charge is 2.46. The van der Waals surface area contributed by atoms with E-state index in [0.717, 1.165) is 0 Å². The summed E-state index contributed by atoms with van der Waals surface area (Å²) >= 11 is 0. The zero-order valence-electron chi connectivity index (χ0n) is 12.2. The molecule has 1 unspecified atom stereocenters. The first-order valence-electron chi connectivity index (χ1n) is 7.04. The number of aliphatic hydroxyl groups excluding tert-OH is 1. The van der Waals surface area contributed by atoms with E-state index in [4.69, 9.17) is 14.3 Å². The number of aliphatic hydroxyl groups is 1. The minimum Gasteiger partial charge on any atom is -0.381 e. The molecule has 1 atom stereocenters. The van der Waals surface area contributed by atoms with Crippen molar-refractivity contribution in [1.82, 2.24) is 5.06 Å². The van der Waals surface area contributed by atoms with E-state index in [1.54, 1.807) is 24.3 Å². The first-order chi connectivity index (χ1) is 10.6. The van der Waals surface area contributed by atoms with E-state index in [-0.39, 0.29) is 11.1 Å². The molecule has 0 aromatic heterocycles. The molecule has 1 fully saturated rings. The SMILES string of the molecule is COC1(C(O)ON2C(=O)c3ccccc3C2=O)CCOCC1. The van der Waals surface area contributed by atoms with E-state index >= 15 is 0 Å². The number of nitrogens with zero attached hydrogens (tertiary/aromatic N) is 1. The summed E-state index contributed by atoms with van der Waals surface area (Å²) in [6.07, 6.45) is -0.620. The molecule has 2 aliphatic heterocycles. The van der Waals surface area contributed by atoms with Crippen molar-refractivity contribution in [2.45, 2.75) is 24.7 Å². The molecule has 1 N–H and O–H groups in total. The van der Waals surface area contributed by atoms with Crippen LogP contribution in [0.4, 0.5) is 0 Å². The van der Waals surface area contributed by atoms with Gasteiger partial charge in [-0.2, -0.15) is 0 Å². The van der Waals surface area contributed by atoms with Gasteiger partial charge in [-0.25, -0.2) is 4.84 Å². The van der Waals surface area contributed by atoms with Crippen LogP contribution >= 0.6 is 0 Å². The van der Waals surface area contributed by atoms with Crippen molar-refractivity contribution in [1.29, 1.82) is 0 Å². The predicted octanol–water partition coefficient (Wildman–Crippen LogP) is 0.728. The maximum absolute atomic E-state index is 12.2. The Morgan fingerprint density at radius 3 is 2.23 bits per heavy atom. The van der Waals surface area contributed by atoms with Crippen LogP contribution in [-0.4, -0.2) is 54.2 Å². The molecule has 1 aromatic rings. The van der Waals surface area contributed by atoms with Crippen LogP contribution in [0.3, 0.4) is 0 Å². The van der Waals surface area contributed by atoms with E-state index in [1.807, 2.05) is 0 Å². The molecule has 1 saturated heterocycles. The van der Waals surface area contributed by atoms with E-state index in [2.05, 4.69) is 0 Å². The van der Waals surface area contributed by atoms with Gasteiger partial charge in [-0.05, 0) is 12.1 Å². The monoisotopic (exact) mass is 307 g/mol. The highest BCUT2D eigenvalue weighted by molar-refractivity contribution is 6.20. The van der Waals surface area contributed by atoms with Crippen LogP contribution in [0.1, 0.15) is 33.6 Å². The van der Waals surface area contributed by atoms with Crippen molar-refractivity contribution in [3.63, 3.8) is 0 Å². The molecule has 22 heavy (non-hydrogen) atoms. The van der Waals surface area contributed by atoms with Crippen molar-refractivity contribution in [3.8, 4) is 0 Å². The average Bonchev–Trinajstić information content (AvgIpc) is 2.81. The standard InChI is InChI=1S/C15H17NO6/c1-20-15(6-8-21-9-7-15)14(19)22-16-12(17)10-4-2-3-5-11(10)13(16)18/h2-5,14,19H,6-9H2,1H3. The zero-order valence-corrected chi connectivity index (χ0v) is 12.2. The zero-order chi connectivity index (χ0) is 15.7. The van der Waals surface area contributed by atoms with Gasteiger partial charge in [0.2, 0.25) is 6.29 Å². The van der Waals surface area contributed by atoms with Crippen LogP contribution in [0.15, 0.2) is 24.3 Å². The van der Waals surface area contributed by atoms with Crippen LogP contribution in [0.2, 0.25) is 0 Å². The summed E-state index contributed by atoms with van der Waals surface area (Å²) in [5.41, 5.74) is -0.468. The van der Waals surface area contributed by atoms with Crippen molar-refractivity contribution in [2.24, 2.45) is 0 Å². The second-order valence-electron chi connectivity index (χ2n) is 5.29. The van der Waals surface area contributed by atoms with E-state index < -0.39 is 23.7 Å². The van der Waals surface area contributed by atoms with Crippen molar-refractivity contribution >= 4 is 11.8 Å². The van der Waals surface area contributed by atoms with E-state index in [0.29, 0.717) is 31.1 Å². The molecule has 0 radical (unpaired) electrons. The van der Waals surface area contributed by atoms with Gasteiger partial charge in [0.1, 0.15) is 5.60 Å². The number of hydrogen-bond acceptors (Lipinski definition) is 6. The Hall–Kier alpha value is -1.80. The summed E-state index contributed by atoms with van der Waals surface area (Å²) in [5, 5.41) is 11.0. The Balaban J connectivity index is 1.79. The maximum Gasteiger partial charge on any atom is 0.285 e. The normalized spacial score (nSPS) is 21.8. The lowest BCUT2D eigenvalue weighted by molar-refractivity contribution is -0.298. The molecular formula is C15H17NO6. The summed E-state index contributed by atoms with van der Waals surface area (Å²) in [6.45, 7) is 0.826. The predicted molar refractivity (Wildman–Crippen MR) is 73.8 cm³/mol. The number of rotatable bonds is 4. The minimum absolute atomic E-state index is 0.262. The molecule has 7 nitrogen and oxygen atoms in total. The molecular weight excluding hydrogens is 290 g/mol. The molecule has 118 valence electrons. The number of imide groups is 1. The topological polar surface area (TPSA) is 85.3 Å². The van der Waals surface area contributed by atoms with Gasteiger partial charge in [-0.1, -0.05) is 12.1 Å². The lowest BCUT2D eigenvalue weighted by atomic mass is 9.93. The summed E-state index contributed by atoms with van der Waals surface area (Å²) in [5.74, 6) is -1.17. The second kappa shape index (κ2) is 5.77. The lowest BCUT2D eigenvalue weighted by Gasteiger charge is -2.39. The van der Waals surface area contributed by atoms with Crippen LogP contribution in [0, 0.1) is 0 Å². The number of carbonyl (C=O) groups is 2. The Morgan fingerprint density at radius 1 is 1.18 bits per heavy atom. The van der Waals surface area contributed by atoms with Crippen molar-refractivity contribution in [2.75, 3.05) is 20.3 Å². The van der Waals surface area contributed by atoms with Gasteiger partial charge in [0, 0.05) is 33.2 Å². The van der Waals surface area contributed by atoms with E-state index in [9.17, 15) is 14.7 Å². The van der Waals surface area contributed by atoms with Crippen molar-refractivity contribution in [3.05, 3.63) is 35.4 Å². The second-order valence-corrected chi connectivity index (χ2v) is 5.29. The molecule has 2 heterocycles. The highest BCUT2D eigenvalue weighted by Crippen LogP contribution is 2.31. The Kier molecular flexibility index (Phi) is 3.96. The van der Waals surface area contributed by atoms with Gasteiger partial charge in [0.05, 0.1) is 11.1 Å². The lowest BCUT2D eigenvalue weighted by Crippen LogP contribution is -2.52. The maximum atomic E-state index is 12.2. The highest BCUT2D eigenvalue weighted by atomic mass is 16.8. The summed E-state index contributed by atoms with van der Waals surface area (Å²) in [4.78, 5) is 29.7. The van der Waals surface area contributed by atoms with Gasteiger partial charge < -0.3 is 14.6 Å². The molecule has 2 amide bonds. The number of benzene rings is 1. The van der Waals surface area contributed by atoms with Crippen molar-refractivity contribution < 1.29 is 29.0 Å². The number of fused-ring (bicyclic) bond motifs is 1. The molecule has 1 aromatic carbocycles. The average molecular weight is 307 g/mol. The molecule has 3 rings (SSSR count). The van der Waals surface area contributed by atoms with Crippen LogP contribution in [0.5, 0.6) is 0 Å². The number of hydrogen-bond donors (Lipinski definition) is 1. The molecule has 0 aliphatic carbocycles. The molecule has 7 heteroatoms. The third kappa shape index (κ3) is 2.32. The third-order valence-corrected chi connectivity index (χ3v) is 4.16. The van der Waals surface area contributed by atoms with Gasteiger partial charge >= 0.3 is 0 Å². The first kappa shape index (κ1) is 15.1. The third-order valence-electron chi connectivity index (χ3n) is 4.16. The number of ether oxygens (including phenoxy) is 2. The Bertz CT molecular complexity index is 560. The smallest absolute Gasteiger partial charge is 0.285 e. The Morgan fingerprint density at radius 2 is 1.73 bits per heavy atom. The fourth-order valence-electron chi connectivity index (χ4n) is 2.73. The number of hydroxylamine groups is 2. The number of carbonyl (C=O) groups excluding carboxylic acids is 2. The summed E-state index contributed by atoms with van der Waals surface area (Å²) in [6, 6.07) is 6.43. The van der Waals surface area contributed by atoms with Gasteiger partial charge in [-0.15, -0.1) is 5.06 Å². The van der Waals surface area contributed by atoms with Crippen LogP contribution in [0.25, 0.3) is 0 Å². The van der Waals surface area contributed by atoms with Gasteiger partial charge in [0.25, 0.3) is 11.8 Å². The fraction of sp³-hybridized carbons (Fsp3) is 0.467. The molecule has 0 saturated carbocycles. The minimum atomic E-state index is -1.44. The quantitative estimate of drug-likeness (QED) is 0.652. The fourth-order valence-corrected chi connectivity index (χ4v) is 2.73. The summed E-state index contributed by atoms with van der Waals surface area (Å²) in [7, 11) is 1.46. The van der Waals surface area contributed by atoms with Gasteiger partial charge in [-0.3, -0.25) is 9.59 Å². The Labute approximate surface area is 127 Å². The first-order valence-corrected chi connectivity index (χ1v) is 7.04. The largest absolute Gasteiger partial charge is 0.381 e. The summed E-state index contributed by atoms with van der Waals surface area (Å²) < 4.78 is 10.6. The van der Waals surface area contributed by atoms with E-state index in [1.165, 1.54) is 7.11 Å². The van der Waals surface area contributed by atoms with Gasteiger partial charge in [0.15, 0.2) is 0 Å². The molecule has 0 bridgehead atoms. The van der Waals surface area contributed by atoms with Crippen LogP contribution < -0.4 is 0 Å².